The van der Waals surface area contributed by atoms with Gasteiger partial charge in [-0.1, -0.05) is 17.7 Å². The second kappa shape index (κ2) is 6.42. The maximum atomic E-state index is 13.2. The van der Waals surface area contributed by atoms with Gasteiger partial charge in [0.15, 0.2) is 0 Å². The minimum Gasteiger partial charge on any atom is -0.399 e. The zero-order valence-electron chi connectivity index (χ0n) is 16.1. The lowest BCUT2D eigenvalue weighted by molar-refractivity contribution is -0.0123. The Morgan fingerprint density at radius 2 is 1.84 bits per heavy atom. The van der Waals surface area contributed by atoms with Gasteiger partial charge in [-0.25, -0.2) is 0 Å². The molecule has 1 aromatic carbocycles. The quantitative estimate of drug-likeness (QED) is 0.771. The van der Waals surface area contributed by atoms with Gasteiger partial charge in [0.25, 0.3) is 5.91 Å². The fraction of sp³-hybridized carbons (Fsp3) is 0.632. The summed E-state index contributed by atoms with van der Waals surface area (Å²) in [5.41, 5.74) is 1.63. The fourth-order valence-corrected chi connectivity index (χ4v) is 3.31. The monoisotopic (exact) mass is 345 g/mol. The molecule has 2 saturated heterocycles. The molecule has 6 heteroatoms. The van der Waals surface area contributed by atoms with Gasteiger partial charge < -0.3 is 18.9 Å². The van der Waals surface area contributed by atoms with Gasteiger partial charge in [-0.15, -0.1) is 0 Å². The first kappa shape index (κ1) is 18.4. The molecule has 0 aliphatic carbocycles. The largest absolute Gasteiger partial charge is 0.495 e. The van der Waals surface area contributed by atoms with Crippen LogP contribution >= 0.6 is 0 Å². The molecule has 0 bridgehead atoms. The highest BCUT2D eigenvalue weighted by Crippen LogP contribution is 2.37. The van der Waals surface area contributed by atoms with Crippen molar-refractivity contribution in [1.82, 2.24) is 4.90 Å². The number of hydrogen-bond acceptors (Lipinski definition) is 4. The molecule has 1 amide bonds. The molecule has 2 aliphatic heterocycles. The van der Waals surface area contributed by atoms with Gasteiger partial charge in [0.1, 0.15) is 0 Å². The molecule has 0 saturated carbocycles. The number of carbonyl (C=O) groups excluding carboxylic acids is 1. The molecule has 5 nitrogen and oxygen atoms in total. The number of nitrogens with zero attached hydrogens (tertiary/aromatic N) is 1. The summed E-state index contributed by atoms with van der Waals surface area (Å²) < 4.78 is 18.0. The average molecular weight is 345 g/mol. The maximum absolute atomic E-state index is 13.2. The minimum atomic E-state index is -0.538. The highest BCUT2D eigenvalue weighted by atomic mass is 16.7. The van der Waals surface area contributed by atoms with Crippen molar-refractivity contribution in [1.29, 1.82) is 0 Å². The Hall–Kier alpha value is -1.37. The van der Waals surface area contributed by atoms with Crippen LogP contribution in [0.3, 0.4) is 0 Å². The summed E-state index contributed by atoms with van der Waals surface area (Å²) in [7, 11) is -0.538. The molecular formula is C19H28BNO4. The van der Waals surface area contributed by atoms with E-state index in [1.54, 1.807) is 0 Å². The fourth-order valence-electron chi connectivity index (χ4n) is 3.31. The van der Waals surface area contributed by atoms with Crippen LogP contribution in [0.4, 0.5) is 0 Å². The van der Waals surface area contributed by atoms with Crippen molar-refractivity contribution in [3.8, 4) is 0 Å². The molecule has 2 fully saturated rings. The zero-order valence-corrected chi connectivity index (χ0v) is 16.1. The van der Waals surface area contributed by atoms with Crippen molar-refractivity contribution in [3.05, 3.63) is 29.3 Å². The zero-order chi connectivity index (χ0) is 18.4. The van der Waals surface area contributed by atoms with E-state index < -0.39 is 18.3 Å². The van der Waals surface area contributed by atoms with Crippen molar-refractivity contribution in [2.45, 2.75) is 58.8 Å². The SMILES string of the molecule is Cc1cccc(C(=O)N2CCOC(C)C2)c1B1OC(C)(C)C(C)(C)O1. The Morgan fingerprint density at radius 3 is 2.44 bits per heavy atom. The van der Waals surface area contributed by atoms with Gasteiger partial charge in [0, 0.05) is 18.7 Å². The maximum Gasteiger partial charge on any atom is 0.495 e. The van der Waals surface area contributed by atoms with Crippen molar-refractivity contribution < 1.29 is 18.8 Å². The molecule has 25 heavy (non-hydrogen) atoms. The van der Waals surface area contributed by atoms with Crippen LogP contribution in [0.5, 0.6) is 0 Å². The lowest BCUT2D eigenvalue weighted by Gasteiger charge is -2.32. The second-order valence-corrected chi connectivity index (χ2v) is 8.06. The molecule has 1 unspecified atom stereocenters. The van der Waals surface area contributed by atoms with Crippen LogP contribution in [0.1, 0.15) is 50.5 Å². The first-order valence-electron chi connectivity index (χ1n) is 8.98. The van der Waals surface area contributed by atoms with Crippen molar-refractivity contribution in [2.75, 3.05) is 19.7 Å². The van der Waals surface area contributed by atoms with E-state index in [1.165, 1.54) is 0 Å². The predicted octanol–water partition coefficient (Wildman–Crippen LogP) is 2.16. The lowest BCUT2D eigenvalue weighted by atomic mass is 9.73. The standard InChI is InChI=1S/C19H28BNO4/c1-13-8-7-9-15(17(22)21-10-11-23-14(2)12-21)16(13)20-24-18(3,4)19(5,6)25-20/h7-9,14H,10-12H2,1-6H3. The molecule has 3 rings (SSSR count). The van der Waals surface area contributed by atoms with E-state index in [0.717, 1.165) is 11.0 Å². The third kappa shape index (κ3) is 3.35. The van der Waals surface area contributed by atoms with Crippen molar-refractivity contribution in [2.24, 2.45) is 0 Å². The number of ether oxygens (including phenoxy) is 1. The van der Waals surface area contributed by atoms with Gasteiger partial charge in [-0.2, -0.15) is 0 Å². The molecule has 0 radical (unpaired) electrons. The summed E-state index contributed by atoms with van der Waals surface area (Å²) in [6.07, 6.45) is 0.0582. The van der Waals surface area contributed by atoms with Crippen LogP contribution in [0.2, 0.25) is 0 Å². The Balaban J connectivity index is 1.95. The minimum absolute atomic E-state index is 0.0172. The number of amides is 1. The summed E-state index contributed by atoms with van der Waals surface area (Å²) >= 11 is 0. The highest BCUT2D eigenvalue weighted by molar-refractivity contribution is 6.64. The topological polar surface area (TPSA) is 48.0 Å². The third-order valence-corrected chi connectivity index (χ3v) is 5.57. The van der Waals surface area contributed by atoms with E-state index >= 15 is 0 Å². The van der Waals surface area contributed by atoms with E-state index in [2.05, 4.69) is 0 Å². The highest BCUT2D eigenvalue weighted by Gasteiger charge is 2.53. The van der Waals surface area contributed by atoms with Crippen LogP contribution < -0.4 is 5.46 Å². The molecule has 1 aromatic rings. The lowest BCUT2D eigenvalue weighted by Crippen LogP contribution is -2.48. The van der Waals surface area contributed by atoms with Gasteiger partial charge in [-0.05, 0) is 53.1 Å². The van der Waals surface area contributed by atoms with Gasteiger partial charge in [-0.3, -0.25) is 4.79 Å². The first-order chi connectivity index (χ1) is 11.6. The van der Waals surface area contributed by atoms with Crippen LogP contribution in [-0.4, -0.2) is 54.9 Å². The average Bonchev–Trinajstić information content (AvgIpc) is 2.74. The van der Waals surface area contributed by atoms with Crippen molar-refractivity contribution in [3.63, 3.8) is 0 Å². The molecule has 136 valence electrons. The Labute approximate surface area is 150 Å². The number of hydrogen-bond donors (Lipinski definition) is 0. The Kier molecular flexibility index (Phi) is 4.73. The summed E-state index contributed by atoms with van der Waals surface area (Å²) in [6, 6.07) is 5.79. The van der Waals surface area contributed by atoms with Crippen LogP contribution in [-0.2, 0) is 14.0 Å². The van der Waals surface area contributed by atoms with Gasteiger partial charge >= 0.3 is 7.12 Å². The van der Waals surface area contributed by atoms with E-state index in [-0.39, 0.29) is 12.0 Å². The summed E-state index contributed by atoms with van der Waals surface area (Å²) in [6.45, 7) is 13.9. The van der Waals surface area contributed by atoms with Crippen LogP contribution in [0, 0.1) is 6.92 Å². The molecule has 2 heterocycles. The van der Waals surface area contributed by atoms with E-state index in [4.69, 9.17) is 14.0 Å². The second-order valence-electron chi connectivity index (χ2n) is 8.06. The third-order valence-electron chi connectivity index (χ3n) is 5.57. The normalized spacial score (nSPS) is 25.3. The van der Waals surface area contributed by atoms with E-state index in [1.807, 2.05) is 64.6 Å². The van der Waals surface area contributed by atoms with Crippen LogP contribution in [0.15, 0.2) is 18.2 Å². The van der Waals surface area contributed by atoms with Crippen molar-refractivity contribution >= 4 is 18.5 Å². The predicted molar refractivity (Wildman–Crippen MR) is 98.2 cm³/mol. The molecular weight excluding hydrogens is 317 g/mol. The van der Waals surface area contributed by atoms with Gasteiger partial charge in [0.2, 0.25) is 0 Å². The summed E-state index contributed by atoms with van der Waals surface area (Å²) in [5, 5.41) is 0. The Morgan fingerprint density at radius 1 is 1.20 bits per heavy atom. The molecule has 0 aromatic heterocycles. The smallest absolute Gasteiger partial charge is 0.399 e. The number of benzene rings is 1. The van der Waals surface area contributed by atoms with Gasteiger partial charge in [0.05, 0.1) is 23.9 Å². The number of morpholine rings is 1. The molecule has 1 atom stereocenters. The molecule has 2 aliphatic rings. The van der Waals surface area contributed by atoms with Crippen LogP contribution in [0.25, 0.3) is 0 Å². The van der Waals surface area contributed by atoms with E-state index in [9.17, 15) is 4.79 Å². The Bertz CT molecular complexity index is 657. The molecule has 0 spiro atoms. The number of aryl methyl sites for hydroxylation is 1. The first-order valence-corrected chi connectivity index (χ1v) is 8.98. The molecule has 0 N–H and O–H groups in total. The summed E-state index contributed by atoms with van der Waals surface area (Å²) in [5.74, 6) is 0.0172. The summed E-state index contributed by atoms with van der Waals surface area (Å²) in [4.78, 5) is 15.0. The van der Waals surface area contributed by atoms with E-state index in [0.29, 0.717) is 25.3 Å². The number of carbonyl (C=O) groups is 1. The number of rotatable bonds is 2.